The number of carbonyl (C=O) groups is 1. The van der Waals surface area contributed by atoms with Gasteiger partial charge in [-0.2, -0.15) is 0 Å². The van der Waals surface area contributed by atoms with E-state index in [-0.39, 0.29) is 24.0 Å². The molecule has 1 aromatic heterocycles. The highest BCUT2D eigenvalue weighted by molar-refractivity contribution is 7.09. The Hall–Kier alpha value is -0.940. The zero-order valence-corrected chi connectivity index (χ0v) is 13.0. The molecule has 0 radical (unpaired) electrons. The quantitative estimate of drug-likeness (QED) is 0.857. The van der Waals surface area contributed by atoms with Crippen LogP contribution in [0, 0.1) is 12.8 Å². The maximum Gasteiger partial charge on any atom is 0.229 e. The summed E-state index contributed by atoms with van der Waals surface area (Å²) in [5.74, 6) is 0.373. The van der Waals surface area contributed by atoms with Crippen molar-refractivity contribution in [2.24, 2.45) is 5.92 Å². The van der Waals surface area contributed by atoms with Crippen LogP contribution in [0.5, 0.6) is 0 Å². The average molecular weight is 294 g/mol. The molecule has 3 rings (SSSR count). The molecular formula is C15H22N2O2S. The summed E-state index contributed by atoms with van der Waals surface area (Å²) in [6, 6.07) is 0.192. The molecule has 1 amide bonds. The molecule has 0 N–H and O–H groups in total. The van der Waals surface area contributed by atoms with Gasteiger partial charge in [0.2, 0.25) is 5.91 Å². The minimum Gasteiger partial charge on any atom is -0.378 e. The van der Waals surface area contributed by atoms with Crippen LogP contribution >= 0.6 is 11.3 Å². The molecule has 3 unspecified atom stereocenters. The monoisotopic (exact) mass is 294 g/mol. The van der Waals surface area contributed by atoms with Crippen molar-refractivity contribution < 1.29 is 9.53 Å². The van der Waals surface area contributed by atoms with Crippen LogP contribution in [0.3, 0.4) is 0 Å². The van der Waals surface area contributed by atoms with E-state index in [1.165, 1.54) is 6.42 Å². The van der Waals surface area contributed by atoms with E-state index < -0.39 is 0 Å². The van der Waals surface area contributed by atoms with Crippen LogP contribution in [-0.2, 0) is 9.53 Å². The summed E-state index contributed by atoms with van der Waals surface area (Å²) in [7, 11) is 0. The second-order valence-electron chi connectivity index (χ2n) is 5.71. The third-order valence-electron chi connectivity index (χ3n) is 4.14. The van der Waals surface area contributed by atoms with E-state index in [4.69, 9.17) is 4.74 Å². The van der Waals surface area contributed by atoms with Crippen molar-refractivity contribution in [2.75, 3.05) is 13.2 Å². The summed E-state index contributed by atoms with van der Waals surface area (Å²) >= 11 is 1.68. The summed E-state index contributed by atoms with van der Waals surface area (Å²) in [4.78, 5) is 19.3. The molecular weight excluding hydrogens is 272 g/mol. The summed E-state index contributed by atoms with van der Waals surface area (Å²) in [6.07, 6.45) is 4.40. The van der Waals surface area contributed by atoms with Gasteiger partial charge >= 0.3 is 0 Å². The Balaban J connectivity index is 1.71. The molecule has 20 heavy (non-hydrogen) atoms. The SMILES string of the molecule is CCOC1CC1C(=O)N1CCCCC1c1nc(C)cs1. The minimum absolute atomic E-state index is 0.0941. The zero-order chi connectivity index (χ0) is 14.1. The first-order valence-electron chi connectivity index (χ1n) is 7.54. The number of carbonyl (C=O) groups excluding carboxylic acids is 1. The fourth-order valence-corrected chi connectivity index (χ4v) is 3.96. The summed E-state index contributed by atoms with van der Waals surface area (Å²) in [5, 5.41) is 3.18. The van der Waals surface area contributed by atoms with Gasteiger partial charge in [0.15, 0.2) is 0 Å². The van der Waals surface area contributed by atoms with Gasteiger partial charge in [0, 0.05) is 24.2 Å². The molecule has 5 heteroatoms. The molecule has 2 aliphatic rings. The Morgan fingerprint density at radius 1 is 1.55 bits per heavy atom. The highest BCUT2D eigenvalue weighted by Gasteiger charge is 2.47. The molecule has 0 aromatic carbocycles. The maximum absolute atomic E-state index is 12.7. The van der Waals surface area contributed by atoms with E-state index in [2.05, 4.69) is 15.3 Å². The minimum atomic E-state index is 0.0941. The second kappa shape index (κ2) is 5.82. The van der Waals surface area contributed by atoms with Crippen LogP contribution in [0.2, 0.25) is 0 Å². The van der Waals surface area contributed by atoms with Crippen molar-refractivity contribution in [1.82, 2.24) is 9.88 Å². The molecule has 1 aliphatic carbocycles. The van der Waals surface area contributed by atoms with Crippen molar-refractivity contribution >= 4 is 17.2 Å². The normalized spacial score (nSPS) is 29.5. The van der Waals surface area contributed by atoms with E-state index in [0.717, 1.165) is 36.5 Å². The lowest BCUT2D eigenvalue weighted by atomic mass is 10.0. The Labute approximate surface area is 124 Å². The van der Waals surface area contributed by atoms with Crippen molar-refractivity contribution in [3.8, 4) is 0 Å². The number of aryl methyl sites for hydroxylation is 1. The smallest absolute Gasteiger partial charge is 0.229 e. The van der Waals surface area contributed by atoms with Crippen LogP contribution in [-0.4, -0.2) is 35.0 Å². The zero-order valence-electron chi connectivity index (χ0n) is 12.2. The van der Waals surface area contributed by atoms with Crippen LogP contribution in [0.4, 0.5) is 0 Å². The molecule has 1 aliphatic heterocycles. The second-order valence-corrected chi connectivity index (χ2v) is 6.60. The predicted molar refractivity (Wildman–Crippen MR) is 78.7 cm³/mol. The average Bonchev–Trinajstić information content (AvgIpc) is 3.09. The van der Waals surface area contributed by atoms with E-state index in [1.54, 1.807) is 11.3 Å². The first-order valence-corrected chi connectivity index (χ1v) is 8.42. The van der Waals surface area contributed by atoms with Crippen molar-refractivity contribution in [1.29, 1.82) is 0 Å². The van der Waals surface area contributed by atoms with Gasteiger partial charge in [0.1, 0.15) is 5.01 Å². The molecule has 0 bridgehead atoms. The number of thiazole rings is 1. The summed E-state index contributed by atoms with van der Waals surface area (Å²) in [6.45, 7) is 5.57. The molecule has 2 heterocycles. The number of rotatable bonds is 4. The van der Waals surface area contributed by atoms with Gasteiger partial charge in [-0.25, -0.2) is 4.98 Å². The summed E-state index contributed by atoms with van der Waals surface area (Å²) < 4.78 is 5.56. The standard InChI is InChI=1S/C15H22N2O2S/c1-3-19-13-8-11(13)15(18)17-7-5-4-6-12(17)14-16-10(2)9-20-14/h9,11-13H,3-8H2,1-2H3. The van der Waals surface area contributed by atoms with Crippen molar-refractivity contribution in [3.63, 3.8) is 0 Å². The van der Waals surface area contributed by atoms with E-state index in [1.807, 2.05) is 13.8 Å². The molecule has 0 spiro atoms. The maximum atomic E-state index is 12.7. The van der Waals surface area contributed by atoms with Crippen LogP contribution in [0.15, 0.2) is 5.38 Å². The van der Waals surface area contributed by atoms with Crippen molar-refractivity contribution in [2.45, 2.75) is 51.7 Å². The third-order valence-corrected chi connectivity index (χ3v) is 5.20. The van der Waals surface area contributed by atoms with E-state index in [9.17, 15) is 4.79 Å². The molecule has 3 atom stereocenters. The predicted octanol–water partition coefficient (Wildman–Crippen LogP) is 2.93. The van der Waals surface area contributed by atoms with Gasteiger partial charge in [-0.05, 0) is 39.5 Å². The highest BCUT2D eigenvalue weighted by Crippen LogP contribution is 2.40. The Morgan fingerprint density at radius 2 is 2.40 bits per heavy atom. The van der Waals surface area contributed by atoms with Gasteiger partial charge in [0.25, 0.3) is 0 Å². The van der Waals surface area contributed by atoms with Crippen LogP contribution in [0.25, 0.3) is 0 Å². The van der Waals surface area contributed by atoms with Gasteiger partial charge in [-0.1, -0.05) is 0 Å². The first-order chi connectivity index (χ1) is 9.70. The fourth-order valence-electron chi connectivity index (χ4n) is 3.02. The van der Waals surface area contributed by atoms with Crippen LogP contribution < -0.4 is 0 Å². The number of ether oxygens (including phenoxy) is 1. The van der Waals surface area contributed by atoms with Crippen molar-refractivity contribution in [3.05, 3.63) is 16.1 Å². The Kier molecular flexibility index (Phi) is 4.08. The fraction of sp³-hybridized carbons (Fsp3) is 0.733. The molecule has 1 saturated carbocycles. The molecule has 1 saturated heterocycles. The van der Waals surface area contributed by atoms with Gasteiger partial charge < -0.3 is 9.64 Å². The molecule has 4 nitrogen and oxygen atoms in total. The van der Waals surface area contributed by atoms with Crippen LogP contribution in [0.1, 0.15) is 49.4 Å². The number of nitrogens with zero attached hydrogens (tertiary/aromatic N) is 2. The number of likely N-dealkylation sites (tertiary alicyclic amines) is 1. The molecule has 2 fully saturated rings. The lowest BCUT2D eigenvalue weighted by molar-refractivity contribution is -0.137. The highest BCUT2D eigenvalue weighted by atomic mass is 32.1. The van der Waals surface area contributed by atoms with Gasteiger partial charge in [-0.15, -0.1) is 11.3 Å². The largest absolute Gasteiger partial charge is 0.378 e. The number of piperidine rings is 1. The Bertz CT molecular complexity index is 488. The number of amides is 1. The Morgan fingerprint density at radius 3 is 3.10 bits per heavy atom. The number of aromatic nitrogens is 1. The lowest BCUT2D eigenvalue weighted by Crippen LogP contribution is -2.40. The van der Waals surface area contributed by atoms with E-state index in [0.29, 0.717) is 6.61 Å². The summed E-state index contributed by atoms with van der Waals surface area (Å²) in [5.41, 5.74) is 1.06. The number of hydrogen-bond acceptors (Lipinski definition) is 4. The lowest BCUT2D eigenvalue weighted by Gasteiger charge is -2.34. The first kappa shape index (κ1) is 14.0. The number of hydrogen-bond donors (Lipinski definition) is 0. The third kappa shape index (κ3) is 2.74. The molecule has 1 aromatic rings. The van der Waals surface area contributed by atoms with E-state index >= 15 is 0 Å². The van der Waals surface area contributed by atoms with Gasteiger partial charge in [-0.3, -0.25) is 4.79 Å². The molecule has 110 valence electrons. The van der Waals surface area contributed by atoms with Gasteiger partial charge in [0.05, 0.1) is 18.1 Å². The topological polar surface area (TPSA) is 42.4 Å².